The first-order valence-electron chi connectivity index (χ1n) is 7.40. The molecule has 0 spiro atoms. The van der Waals surface area contributed by atoms with E-state index in [-0.39, 0.29) is 10.8 Å². The third kappa shape index (κ3) is 4.74. The minimum absolute atomic E-state index is 0.0531. The average molecular weight is 395 g/mol. The number of nitrogens with one attached hydrogen (secondary N) is 1. The highest BCUT2D eigenvalue weighted by Gasteiger charge is 2.12. The van der Waals surface area contributed by atoms with Crippen LogP contribution in [0.25, 0.3) is 11.1 Å². The number of carbonyl (C=O) groups excluding carboxylic acids is 2. The number of hydrogen-bond donors (Lipinski definition) is 1. The van der Waals surface area contributed by atoms with Crippen LogP contribution in [0.15, 0.2) is 52.1 Å². The summed E-state index contributed by atoms with van der Waals surface area (Å²) in [7, 11) is 0. The lowest BCUT2D eigenvalue weighted by molar-refractivity contribution is -0.144. The largest absolute Gasteiger partial charge is 0.455 e. The Morgan fingerprint density at radius 3 is 2.85 bits per heavy atom. The lowest BCUT2D eigenvalue weighted by Crippen LogP contribution is -2.21. The number of para-hydroxylation sites is 2. The first kappa shape index (κ1) is 18.2. The normalized spacial score (nSPS) is 10.7. The second-order valence-electron chi connectivity index (χ2n) is 5.07. The average Bonchev–Trinajstić information content (AvgIpc) is 3.04. The summed E-state index contributed by atoms with van der Waals surface area (Å²) < 4.78 is 23.4. The fourth-order valence-electron chi connectivity index (χ4n) is 1.99. The summed E-state index contributed by atoms with van der Waals surface area (Å²) in [6.45, 7) is -0.470. The summed E-state index contributed by atoms with van der Waals surface area (Å²) >= 11 is 6.69. The number of fused-ring (bicyclic) bond motifs is 1. The molecule has 0 unspecified atom stereocenters. The number of oxazole rings is 1. The Kier molecular flexibility index (Phi) is 5.75. The van der Waals surface area contributed by atoms with Crippen LogP contribution < -0.4 is 5.32 Å². The highest BCUT2D eigenvalue weighted by Crippen LogP contribution is 2.23. The van der Waals surface area contributed by atoms with Gasteiger partial charge in [0.25, 0.3) is 11.1 Å². The van der Waals surface area contributed by atoms with E-state index in [0.29, 0.717) is 22.0 Å². The number of aromatic nitrogens is 1. The van der Waals surface area contributed by atoms with Gasteiger partial charge in [0, 0.05) is 5.69 Å². The van der Waals surface area contributed by atoms with E-state index in [9.17, 15) is 14.0 Å². The Hall–Kier alpha value is -2.58. The van der Waals surface area contributed by atoms with E-state index in [1.165, 1.54) is 12.1 Å². The SMILES string of the molecule is O=C(COC(=O)CSc1nc2ccccc2o1)Nc1ccc(F)c(Cl)c1. The molecule has 0 bridgehead atoms. The molecule has 0 aliphatic heterocycles. The van der Waals surface area contributed by atoms with Crippen molar-refractivity contribution in [2.75, 3.05) is 17.7 Å². The van der Waals surface area contributed by atoms with Gasteiger partial charge >= 0.3 is 5.97 Å². The van der Waals surface area contributed by atoms with Gasteiger partial charge in [0.1, 0.15) is 17.1 Å². The van der Waals surface area contributed by atoms with Gasteiger partial charge in [-0.25, -0.2) is 9.37 Å². The quantitative estimate of drug-likeness (QED) is 0.504. The standard InChI is InChI=1S/C17H12ClFN2O4S/c18-11-7-10(5-6-12(11)19)20-15(22)8-24-16(23)9-26-17-21-13-3-1-2-4-14(13)25-17/h1-7H,8-9H2,(H,20,22). The van der Waals surface area contributed by atoms with E-state index in [1.807, 2.05) is 12.1 Å². The fourth-order valence-corrected chi connectivity index (χ4v) is 2.81. The number of benzene rings is 2. The molecule has 6 nitrogen and oxygen atoms in total. The number of anilines is 1. The van der Waals surface area contributed by atoms with Gasteiger partial charge in [0.05, 0.1) is 5.02 Å². The summed E-state index contributed by atoms with van der Waals surface area (Å²) in [6, 6.07) is 11.0. The highest BCUT2D eigenvalue weighted by atomic mass is 35.5. The van der Waals surface area contributed by atoms with Gasteiger partial charge in [0.15, 0.2) is 12.2 Å². The lowest BCUT2D eigenvalue weighted by atomic mass is 10.3. The second-order valence-corrected chi connectivity index (χ2v) is 6.41. The van der Waals surface area contributed by atoms with Crippen LogP contribution in [-0.4, -0.2) is 29.2 Å². The van der Waals surface area contributed by atoms with E-state index >= 15 is 0 Å². The van der Waals surface area contributed by atoms with Gasteiger partial charge in [-0.2, -0.15) is 0 Å². The number of carbonyl (C=O) groups is 2. The summed E-state index contributed by atoms with van der Waals surface area (Å²) in [5.41, 5.74) is 1.62. The van der Waals surface area contributed by atoms with E-state index in [2.05, 4.69) is 10.3 Å². The predicted molar refractivity (Wildman–Crippen MR) is 95.7 cm³/mol. The molecule has 26 heavy (non-hydrogen) atoms. The van der Waals surface area contributed by atoms with Gasteiger partial charge in [-0.05, 0) is 30.3 Å². The lowest BCUT2D eigenvalue weighted by Gasteiger charge is -2.06. The van der Waals surface area contributed by atoms with E-state index in [0.717, 1.165) is 17.8 Å². The Balaban J connectivity index is 1.44. The van der Waals surface area contributed by atoms with E-state index in [4.69, 9.17) is 20.8 Å². The number of rotatable bonds is 6. The number of thioether (sulfide) groups is 1. The number of nitrogens with zero attached hydrogens (tertiary/aromatic N) is 1. The molecule has 134 valence electrons. The minimum Gasteiger partial charge on any atom is -0.455 e. The molecule has 3 aromatic rings. The number of esters is 1. The molecule has 0 saturated carbocycles. The molecule has 1 aromatic heterocycles. The van der Waals surface area contributed by atoms with Gasteiger partial charge in [-0.1, -0.05) is 35.5 Å². The van der Waals surface area contributed by atoms with Crippen LogP contribution in [-0.2, 0) is 14.3 Å². The molecule has 0 fully saturated rings. The third-order valence-corrected chi connectivity index (χ3v) is 4.25. The van der Waals surface area contributed by atoms with Crippen LogP contribution in [0.1, 0.15) is 0 Å². The molecule has 9 heteroatoms. The monoisotopic (exact) mass is 394 g/mol. The Morgan fingerprint density at radius 2 is 2.08 bits per heavy atom. The van der Waals surface area contributed by atoms with Crippen molar-refractivity contribution in [2.24, 2.45) is 0 Å². The molecule has 0 aliphatic carbocycles. The Bertz CT molecular complexity index is 930. The molecule has 1 amide bonds. The van der Waals surface area contributed by atoms with Crippen LogP contribution in [0.4, 0.5) is 10.1 Å². The predicted octanol–water partition coefficient (Wildman–Crippen LogP) is 3.89. The molecule has 0 atom stereocenters. The third-order valence-electron chi connectivity index (χ3n) is 3.16. The summed E-state index contributed by atoms with van der Waals surface area (Å²) in [5, 5.41) is 2.68. The van der Waals surface area contributed by atoms with Gasteiger partial charge in [-0.3, -0.25) is 9.59 Å². The molecule has 2 aromatic carbocycles. The molecule has 3 rings (SSSR count). The van der Waals surface area contributed by atoms with Crippen molar-refractivity contribution in [2.45, 2.75) is 5.22 Å². The number of amides is 1. The van der Waals surface area contributed by atoms with Gasteiger partial charge in [-0.15, -0.1) is 0 Å². The smallest absolute Gasteiger partial charge is 0.316 e. The number of halogens is 2. The van der Waals surface area contributed by atoms with Crippen molar-refractivity contribution in [1.82, 2.24) is 4.98 Å². The van der Waals surface area contributed by atoms with Gasteiger partial charge in [0.2, 0.25) is 0 Å². The zero-order valence-corrected chi connectivity index (χ0v) is 14.8. The zero-order valence-electron chi connectivity index (χ0n) is 13.2. The summed E-state index contributed by atoms with van der Waals surface area (Å²) in [5.74, 6) is -1.80. The maximum Gasteiger partial charge on any atom is 0.316 e. The van der Waals surface area contributed by atoms with Crippen molar-refractivity contribution < 1.29 is 23.1 Å². The van der Waals surface area contributed by atoms with E-state index in [1.54, 1.807) is 12.1 Å². The first-order chi connectivity index (χ1) is 12.5. The second kappa shape index (κ2) is 8.20. The van der Waals surface area contributed by atoms with Crippen molar-refractivity contribution in [1.29, 1.82) is 0 Å². The molecular formula is C17H12ClFN2O4S. The van der Waals surface area contributed by atoms with Crippen molar-refractivity contribution in [3.8, 4) is 0 Å². The molecule has 0 radical (unpaired) electrons. The van der Waals surface area contributed by atoms with E-state index < -0.39 is 24.3 Å². The van der Waals surface area contributed by atoms with Crippen LogP contribution in [0.5, 0.6) is 0 Å². The van der Waals surface area contributed by atoms with Crippen LogP contribution in [0.3, 0.4) is 0 Å². The zero-order chi connectivity index (χ0) is 18.5. The Morgan fingerprint density at radius 1 is 1.27 bits per heavy atom. The Labute approximate surface area is 156 Å². The maximum absolute atomic E-state index is 13.1. The maximum atomic E-state index is 13.1. The van der Waals surface area contributed by atoms with Crippen LogP contribution in [0, 0.1) is 5.82 Å². The topological polar surface area (TPSA) is 81.4 Å². The fraction of sp³-hybridized carbons (Fsp3) is 0.118. The van der Waals surface area contributed by atoms with Crippen molar-refractivity contribution in [3.63, 3.8) is 0 Å². The molecule has 1 N–H and O–H groups in total. The molecule has 1 heterocycles. The van der Waals surface area contributed by atoms with Crippen LogP contribution >= 0.6 is 23.4 Å². The summed E-state index contributed by atoms with van der Waals surface area (Å²) in [4.78, 5) is 27.7. The molecule has 0 saturated heterocycles. The van der Waals surface area contributed by atoms with Crippen LogP contribution in [0.2, 0.25) is 5.02 Å². The number of ether oxygens (including phenoxy) is 1. The van der Waals surface area contributed by atoms with Gasteiger partial charge < -0.3 is 14.5 Å². The molecular weight excluding hydrogens is 383 g/mol. The molecule has 0 aliphatic rings. The van der Waals surface area contributed by atoms with Crippen molar-refractivity contribution >= 4 is 52.0 Å². The van der Waals surface area contributed by atoms with Crippen molar-refractivity contribution in [3.05, 3.63) is 53.3 Å². The highest BCUT2D eigenvalue weighted by molar-refractivity contribution is 7.99. The first-order valence-corrected chi connectivity index (χ1v) is 8.76. The summed E-state index contributed by atoms with van der Waals surface area (Å²) in [6.07, 6.45) is 0. The minimum atomic E-state index is -0.593. The number of hydrogen-bond acceptors (Lipinski definition) is 6.